The zero-order valence-corrected chi connectivity index (χ0v) is 8.70. The molecule has 0 aromatic heterocycles. The third-order valence-electron chi connectivity index (χ3n) is 3.26. The van der Waals surface area contributed by atoms with Gasteiger partial charge in [0, 0.05) is 0 Å². The third-order valence-corrected chi connectivity index (χ3v) is 3.26. The van der Waals surface area contributed by atoms with Crippen molar-refractivity contribution in [3.63, 3.8) is 0 Å². The van der Waals surface area contributed by atoms with Crippen molar-refractivity contribution in [2.75, 3.05) is 0 Å². The summed E-state index contributed by atoms with van der Waals surface area (Å²) in [4.78, 5) is 21.9. The van der Waals surface area contributed by atoms with Crippen molar-refractivity contribution in [2.24, 2.45) is 16.7 Å². The van der Waals surface area contributed by atoms with Crippen LogP contribution in [0.3, 0.4) is 0 Å². The van der Waals surface area contributed by atoms with Crippen LogP contribution in [-0.2, 0) is 9.59 Å². The SMILES string of the molecule is CC1(C(=O)O)CC(C(=O)O)C(C)(C)C1. The lowest BCUT2D eigenvalue weighted by molar-refractivity contribution is -0.148. The summed E-state index contributed by atoms with van der Waals surface area (Å²) in [5.41, 5.74) is -1.31. The molecule has 1 fully saturated rings. The molecule has 1 rings (SSSR count). The zero-order valence-electron chi connectivity index (χ0n) is 8.70. The molecule has 0 aliphatic heterocycles. The molecule has 0 amide bonds. The standard InChI is InChI=1S/C10H16O4/c1-9(2)5-10(3,8(13)14)4-6(9)7(11)12/h6H,4-5H2,1-3H3,(H,11,12)(H,13,14). The smallest absolute Gasteiger partial charge is 0.309 e. The maximum atomic E-state index is 11.0. The summed E-state index contributed by atoms with van der Waals surface area (Å²) in [6, 6.07) is 0. The highest BCUT2D eigenvalue weighted by Gasteiger charge is 2.53. The van der Waals surface area contributed by atoms with Gasteiger partial charge in [-0.15, -0.1) is 0 Å². The van der Waals surface area contributed by atoms with Crippen LogP contribution in [0.15, 0.2) is 0 Å². The van der Waals surface area contributed by atoms with E-state index in [1.54, 1.807) is 6.92 Å². The lowest BCUT2D eigenvalue weighted by Crippen LogP contribution is -2.25. The van der Waals surface area contributed by atoms with Gasteiger partial charge in [0.05, 0.1) is 11.3 Å². The van der Waals surface area contributed by atoms with E-state index in [2.05, 4.69) is 0 Å². The lowest BCUT2D eigenvalue weighted by atomic mass is 9.81. The summed E-state index contributed by atoms with van der Waals surface area (Å²) < 4.78 is 0. The molecule has 0 saturated heterocycles. The predicted octanol–water partition coefficient (Wildman–Crippen LogP) is 1.60. The topological polar surface area (TPSA) is 74.6 Å². The first-order valence-electron chi connectivity index (χ1n) is 4.65. The van der Waals surface area contributed by atoms with Crippen LogP contribution >= 0.6 is 0 Å². The van der Waals surface area contributed by atoms with Crippen molar-refractivity contribution in [1.29, 1.82) is 0 Å². The Balaban J connectivity index is 2.97. The van der Waals surface area contributed by atoms with Gasteiger partial charge < -0.3 is 10.2 Å². The first kappa shape index (κ1) is 11.0. The molecule has 2 atom stereocenters. The average molecular weight is 200 g/mol. The normalized spacial score (nSPS) is 35.5. The fraction of sp³-hybridized carbons (Fsp3) is 0.800. The summed E-state index contributed by atoms with van der Waals surface area (Å²) in [5.74, 6) is -2.34. The maximum absolute atomic E-state index is 11.0. The van der Waals surface area contributed by atoms with Crippen LogP contribution in [0.1, 0.15) is 33.6 Å². The molecule has 2 unspecified atom stereocenters. The van der Waals surface area contributed by atoms with Crippen molar-refractivity contribution in [3.05, 3.63) is 0 Å². The minimum Gasteiger partial charge on any atom is -0.481 e. The summed E-state index contributed by atoms with van der Waals surface area (Å²) in [6.07, 6.45) is 0.650. The van der Waals surface area contributed by atoms with Crippen molar-refractivity contribution >= 4 is 11.9 Å². The van der Waals surface area contributed by atoms with Crippen LogP contribution in [0.5, 0.6) is 0 Å². The van der Waals surface area contributed by atoms with Crippen LogP contribution in [0.4, 0.5) is 0 Å². The molecule has 0 heterocycles. The summed E-state index contributed by atoms with van der Waals surface area (Å²) in [7, 11) is 0. The third kappa shape index (κ3) is 1.61. The van der Waals surface area contributed by atoms with Crippen molar-refractivity contribution in [3.8, 4) is 0 Å². The van der Waals surface area contributed by atoms with E-state index >= 15 is 0 Å². The number of carbonyl (C=O) groups is 2. The van der Waals surface area contributed by atoms with Gasteiger partial charge >= 0.3 is 11.9 Å². The quantitative estimate of drug-likeness (QED) is 0.710. The van der Waals surface area contributed by atoms with Gasteiger partial charge in [0.15, 0.2) is 0 Å². The second-order valence-electron chi connectivity index (χ2n) is 5.13. The Morgan fingerprint density at radius 3 is 1.93 bits per heavy atom. The molecule has 1 saturated carbocycles. The molecule has 4 heteroatoms. The van der Waals surface area contributed by atoms with Gasteiger partial charge in [0.1, 0.15) is 0 Å². The summed E-state index contributed by atoms with van der Waals surface area (Å²) in [6.45, 7) is 5.26. The zero-order chi connectivity index (χ0) is 11.1. The Morgan fingerprint density at radius 1 is 1.21 bits per heavy atom. The molecular formula is C10H16O4. The van der Waals surface area contributed by atoms with E-state index in [0.29, 0.717) is 6.42 Å². The van der Waals surface area contributed by atoms with E-state index in [9.17, 15) is 9.59 Å². The van der Waals surface area contributed by atoms with Gasteiger partial charge in [0.2, 0.25) is 0 Å². The minimum absolute atomic E-state index is 0.227. The Labute approximate surface area is 82.9 Å². The second-order valence-corrected chi connectivity index (χ2v) is 5.13. The number of aliphatic carboxylic acids is 2. The van der Waals surface area contributed by atoms with Crippen molar-refractivity contribution in [1.82, 2.24) is 0 Å². The minimum atomic E-state index is -0.894. The molecule has 4 nitrogen and oxygen atoms in total. The number of carboxylic acids is 2. The van der Waals surface area contributed by atoms with E-state index < -0.39 is 28.7 Å². The van der Waals surface area contributed by atoms with E-state index in [0.717, 1.165) is 0 Å². The molecule has 1 aliphatic carbocycles. The van der Waals surface area contributed by atoms with Crippen LogP contribution < -0.4 is 0 Å². The summed E-state index contributed by atoms with van der Waals surface area (Å²) >= 11 is 0. The first-order chi connectivity index (χ1) is 6.19. The second kappa shape index (κ2) is 2.97. The van der Waals surface area contributed by atoms with E-state index in [1.165, 1.54) is 0 Å². The van der Waals surface area contributed by atoms with E-state index in [1.807, 2.05) is 13.8 Å². The molecule has 0 spiro atoms. The number of hydrogen-bond acceptors (Lipinski definition) is 2. The largest absolute Gasteiger partial charge is 0.481 e. The van der Waals surface area contributed by atoms with E-state index in [4.69, 9.17) is 10.2 Å². The van der Waals surface area contributed by atoms with Crippen LogP contribution in [0, 0.1) is 16.7 Å². The molecule has 2 N–H and O–H groups in total. The molecular weight excluding hydrogens is 184 g/mol. The number of carboxylic acid groups (broad SMARTS) is 2. The van der Waals surface area contributed by atoms with E-state index in [-0.39, 0.29) is 6.42 Å². The number of hydrogen-bond donors (Lipinski definition) is 2. The van der Waals surface area contributed by atoms with Gasteiger partial charge in [-0.3, -0.25) is 9.59 Å². The van der Waals surface area contributed by atoms with Crippen LogP contribution in [-0.4, -0.2) is 22.2 Å². The Hall–Kier alpha value is -1.06. The predicted molar refractivity (Wildman–Crippen MR) is 49.9 cm³/mol. The average Bonchev–Trinajstić information content (AvgIpc) is 2.22. The molecule has 0 radical (unpaired) electrons. The van der Waals surface area contributed by atoms with Gasteiger partial charge in [-0.2, -0.15) is 0 Å². The molecule has 1 aliphatic rings. The van der Waals surface area contributed by atoms with Crippen LogP contribution in [0.2, 0.25) is 0 Å². The van der Waals surface area contributed by atoms with Gasteiger partial charge in [-0.25, -0.2) is 0 Å². The number of rotatable bonds is 2. The fourth-order valence-electron chi connectivity index (χ4n) is 2.51. The highest BCUT2D eigenvalue weighted by molar-refractivity contribution is 5.78. The van der Waals surface area contributed by atoms with Gasteiger partial charge in [-0.1, -0.05) is 13.8 Å². The molecule has 0 bridgehead atoms. The summed E-state index contributed by atoms with van der Waals surface area (Å²) in [5, 5.41) is 18.0. The molecule has 0 aromatic rings. The Kier molecular flexibility index (Phi) is 2.34. The first-order valence-corrected chi connectivity index (χ1v) is 4.65. The van der Waals surface area contributed by atoms with Crippen LogP contribution in [0.25, 0.3) is 0 Å². The monoisotopic (exact) mass is 200 g/mol. The highest BCUT2D eigenvalue weighted by atomic mass is 16.4. The van der Waals surface area contributed by atoms with Crippen molar-refractivity contribution in [2.45, 2.75) is 33.6 Å². The fourth-order valence-corrected chi connectivity index (χ4v) is 2.51. The Bertz CT molecular complexity index is 282. The van der Waals surface area contributed by atoms with Gasteiger partial charge in [-0.05, 0) is 25.2 Å². The molecule has 80 valence electrons. The van der Waals surface area contributed by atoms with Gasteiger partial charge in [0.25, 0.3) is 0 Å². The highest BCUT2D eigenvalue weighted by Crippen LogP contribution is 2.52. The van der Waals surface area contributed by atoms with Crippen molar-refractivity contribution < 1.29 is 19.8 Å². The molecule has 0 aromatic carbocycles. The lowest BCUT2D eigenvalue weighted by Gasteiger charge is -2.23. The maximum Gasteiger partial charge on any atom is 0.309 e. The Morgan fingerprint density at radius 2 is 1.71 bits per heavy atom. The molecule has 14 heavy (non-hydrogen) atoms.